The Morgan fingerprint density at radius 3 is 2.68 bits per heavy atom. The standard InChI is InChI=1S/C24H27N3O2S2/c1-15(21(28)25-16-9-5-6-10-16)30-24-26-22-20(18-13-7-8-14-19(18)31-22)23(29)27(24)17-11-3-2-4-12-17/h2-4,11-12,15-16H,5-10,13-14H2,1H3,(H,25,28). The van der Waals surface area contributed by atoms with Crippen LogP contribution < -0.4 is 10.9 Å². The van der Waals surface area contributed by atoms with Gasteiger partial charge in [-0.25, -0.2) is 4.98 Å². The maximum atomic E-state index is 13.7. The molecule has 5 rings (SSSR count). The number of aryl methyl sites for hydroxylation is 2. The molecule has 162 valence electrons. The van der Waals surface area contributed by atoms with Gasteiger partial charge in [0.25, 0.3) is 5.56 Å². The number of benzene rings is 1. The number of carbonyl (C=O) groups is 1. The Kier molecular flexibility index (Phi) is 5.89. The number of thioether (sulfide) groups is 1. The molecule has 1 aromatic carbocycles. The van der Waals surface area contributed by atoms with Crippen molar-refractivity contribution >= 4 is 39.2 Å². The predicted molar refractivity (Wildman–Crippen MR) is 128 cm³/mol. The first-order valence-electron chi connectivity index (χ1n) is 11.2. The Morgan fingerprint density at radius 2 is 1.90 bits per heavy atom. The molecule has 0 radical (unpaired) electrons. The lowest BCUT2D eigenvalue weighted by molar-refractivity contribution is -0.120. The zero-order valence-corrected chi connectivity index (χ0v) is 19.4. The van der Waals surface area contributed by atoms with E-state index in [-0.39, 0.29) is 22.8 Å². The number of carbonyl (C=O) groups excluding carboxylic acids is 1. The van der Waals surface area contributed by atoms with Crippen LogP contribution in [0.4, 0.5) is 0 Å². The number of thiophene rings is 1. The van der Waals surface area contributed by atoms with Gasteiger partial charge < -0.3 is 5.32 Å². The molecular weight excluding hydrogens is 426 g/mol. The predicted octanol–water partition coefficient (Wildman–Crippen LogP) is 4.87. The number of amides is 1. The molecule has 0 spiro atoms. The second-order valence-electron chi connectivity index (χ2n) is 8.51. The van der Waals surface area contributed by atoms with Gasteiger partial charge in [-0.2, -0.15) is 0 Å². The largest absolute Gasteiger partial charge is 0.352 e. The van der Waals surface area contributed by atoms with Gasteiger partial charge in [0.05, 0.1) is 16.3 Å². The lowest BCUT2D eigenvalue weighted by atomic mass is 9.97. The van der Waals surface area contributed by atoms with E-state index in [9.17, 15) is 9.59 Å². The van der Waals surface area contributed by atoms with Crippen molar-refractivity contribution in [2.24, 2.45) is 0 Å². The van der Waals surface area contributed by atoms with Crippen molar-refractivity contribution < 1.29 is 4.79 Å². The van der Waals surface area contributed by atoms with Crippen LogP contribution >= 0.6 is 23.1 Å². The second kappa shape index (κ2) is 8.79. The maximum absolute atomic E-state index is 13.7. The smallest absolute Gasteiger partial charge is 0.267 e. The molecule has 1 saturated carbocycles. The molecule has 1 amide bonds. The number of nitrogens with zero attached hydrogens (tertiary/aromatic N) is 2. The summed E-state index contributed by atoms with van der Waals surface area (Å²) in [4.78, 5) is 33.6. The first-order valence-corrected chi connectivity index (χ1v) is 12.9. The molecule has 1 N–H and O–H groups in total. The Balaban J connectivity index is 1.56. The number of hydrogen-bond acceptors (Lipinski definition) is 5. The average Bonchev–Trinajstić information content (AvgIpc) is 3.41. The Bertz CT molecular complexity index is 1160. The molecule has 7 heteroatoms. The molecule has 1 fully saturated rings. The summed E-state index contributed by atoms with van der Waals surface area (Å²) in [5.74, 6) is 0.0244. The number of fused-ring (bicyclic) bond motifs is 3. The van der Waals surface area contributed by atoms with Crippen LogP contribution in [-0.4, -0.2) is 26.8 Å². The Hall–Kier alpha value is -2.12. The van der Waals surface area contributed by atoms with Crippen LogP contribution in [-0.2, 0) is 17.6 Å². The number of aromatic nitrogens is 2. The fourth-order valence-electron chi connectivity index (χ4n) is 4.67. The zero-order chi connectivity index (χ0) is 21.4. The van der Waals surface area contributed by atoms with E-state index in [1.54, 1.807) is 15.9 Å². The Labute approximate surface area is 190 Å². The van der Waals surface area contributed by atoms with Crippen molar-refractivity contribution in [3.05, 3.63) is 51.1 Å². The number of nitrogens with one attached hydrogen (secondary N) is 1. The van der Waals surface area contributed by atoms with E-state index in [1.807, 2.05) is 37.3 Å². The molecule has 2 heterocycles. The average molecular weight is 454 g/mol. The molecule has 3 aromatic rings. The van der Waals surface area contributed by atoms with Crippen molar-refractivity contribution in [1.82, 2.24) is 14.9 Å². The fourth-order valence-corrected chi connectivity index (χ4v) is 6.91. The van der Waals surface area contributed by atoms with Gasteiger partial charge in [0, 0.05) is 10.9 Å². The van der Waals surface area contributed by atoms with Gasteiger partial charge in [-0.1, -0.05) is 42.8 Å². The summed E-state index contributed by atoms with van der Waals surface area (Å²) in [5, 5.41) is 4.22. The summed E-state index contributed by atoms with van der Waals surface area (Å²) in [6, 6.07) is 9.95. The van der Waals surface area contributed by atoms with Gasteiger partial charge in [-0.3, -0.25) is 14.2 Å². The molecule has 5 nitrogen and oxygen atoms in total. The lowest BCUT2D eigenvalue weighted by Crippen LogP contribution is -2.38. The normalized spacial score (nSPS) is 17.6. The molecular formula is C24H27N3O2S2. The van der Waals surface area contributed by atoms with Crippen LogP contribution in [0.15, 0.2) is 40.3 Å². The van der Waals surface area contributed by atoms with Crippen molar-refractivity contribution in [1.29, 1.82) is 0 Å². The molecule has 31 heavy (non-hydrogen) atoms. The number of para-hydroxylation sites is 1. The van der Waals surface area contributed by atoms with Gasteiger partial charge in [0.2, 0.25) is 5.91 Å². The first-order chi connectivity index (χ1) is 15.1. The highest BCUT2D eigenvalue weighted by molar-refractivity contribution is 8.00. The molecule has 2 aliphatic rings. The third-order valence-electron chi connectivity index (χ3n) is 6.33. The summed E-state index contributed by atoms with van der Waals surface area (Å²) in [6.07, 6.45) is 8.76. The maximum Gasteiger partial charge on any atom is 0.267 e. The van der Waals surface area contributed by atoms with E-state index in [0.29, 0.717) is 5.16 Å². The highest BCUT2D eigenvalue weighted by atomic mass is 32.2. The monoisotopic (exact) mass is 453 g/mol. The van der Waals surface area contributed by atoms with E-state index < -0.39 is 0 Å². The van der Waals surface area contributed by atoms with Gasteiger partial charge in [-0.05, 0) is 63.1 Å². The molecule has 2 aliphatic carbocycles. The minimum Gasteiger partial charge on any atom is -0.352 e. The van der Waals surface area contributed by atoms with Gasteiger partial charge in [0.1, 0.15) is 4.83 Å². The van der Waals surface area contributed by atoms with Crippen molar-refractivity contribution in [2.45, 2.75) is 74.7 Å². The summed E-state index contributed by atoms with van der Waals surface area (Å²) in [5.41, 5.74) is 1.97. The van der Waals surface area contributed by atoms with Crippen LogP contribution in [0.25, 0.3) is 15.9 Å². The number of rotatable bonds is 5. The van der Waals surface area contributed by atoms with Gasteiger partial charge >= 0.3 is 0 Å². The van der Waals surface area contributed by atoms with Gasteiger partial charge in [-0.15, -0.1) is 11.3 Å². The molecule has 2 aromatic heterocycles. The van der Waals surface area contributed by atoms with E-state index >= 15 is 0 Å². The van der Waals surface area contributed by atoms with Crippen molar-refractivity contribution in [3.63, 3.8) is 0 Å². The van der Waals surface area contributed by atoms with E-state index in [2.05, 4.69) is 5.32 Å². The summed E-state index contributed by atoms with van der Waals surface area (Å²) in [7, 11) is 0. The van der Waals surface area contributed by atoms with E-state index in [1.165, 1.54) is 41.5 Å². The SMILES string of the molecule is CC(Sc1nc2sc3c(c2c(=O)n1-c1ccccc1)CCCC3)C(=O)NC1CCCC1. The molecule has 0 bridgehead atoms. The van der Waals surface area contributed by atoms with Crippen LogP contribution in [0.2, 0.25) is 0 Å². The van der Waals surface area contributed by atoms with Gasteiger partial charge in [0.15, 0.2) is 5.16 Å². The third kappa shape index (κ3) is 4.05. The first kappa shape index (κ1) is 20.8. The summed E-state index contributed by atoms with van der Waals surface area (Å²) in [6.45, 7) is 1.90. The zero-order valence-electron chi connectivity index (χ0n) is 17.7. The summed E-state index contributed by atoms with van der Waals surface area (Å²) >= 11 is 3.03. The summed E-state index contributed by atoms with van der Waals surface area (Å²) < 4.78 is 1.70. The molecule has 1 unspecified atom stereocenters. The van der Waals surface area contributed by atoms with Crippen LogP contribution in [0.3, 0.4) is 0 Å². The minimum atomic E-state index is -0.325. The van der Waals surface area contributed by atoms with Crippen molar-refractivity contribution in [3.8, 4) is 5.69 Å². The third-order valence-corrected chi connectivity index (χ3v) is 8.56. The van der Waals surface area contributed by atoms with Crippen LogP contribution in [0.1, 0.15) is 55.9 Å². The lowest BCUT2D eigenvalue weighted by Gasteiger charge is -2.18. The highest BCUT2D eigenvalue weighted by Gasteiger charge is 2.26. The number of hydrogen-bond donors (Lipinski definition) is 1. The topological polar surface area (TPSA) is 64.0 Å². The van der Waals surface area contributed by atoms with Crippen LogP contribution in [0.5, 0.6) is 0 Å². The van der Waals surface area contributed by atoms with Crippen molar-refractivity contribution in [2.75, 3.05) is 0 Å². The second-order valence-corrected chi connectivity index (χ2v) is 10.9. The van der Waals surface area contributed by atoms with E-state index in [0.717, 1.165) is 48.0 Å². The molecule has 0 saturated heterocycles. The quantitative estimate of drug-likeness (QED) is 0.442. The molecule has 0 aliphatic heterocycles. The fraction of sp³-hybridized carbons (Fsp3) is 0.458. The minimum absolute atomic E-state index is 0.0125. The van der Waals surface area contributed by atoms with E-state index in [4.69, 9.17) is 4.98 Å². The van der Waals surface area contributed by atoms with Crippen LogP contribution in [0, 0.1) is 0 Å². The molecule has 1 atom stereocenters. The highest BCUT2D eigenvalue weighted by Crippen LogP contribution is 2.35. The Morgan fingerprint density at radius 1 is 1.16 bits per heavy atom.